The van der Waals surface area contributed by atoms with Crippen LogP contribution in [0.5, 0.6) is 5.75 Å². The van der Waals surface area contributed by atoms with Crippen LogP contribution in [0.25, 0.3) is 0 Å². The van der Waals surface area contributed by atoms with Crippen molar-refractivity contribution in [3.63, 3.8) is 0 Å². The van der Waals surface area contributed by atoms with Crippen LogP contribution in [0.3, 0.4) is 0 Å². The standard InChI is InChI=1S/C7H6BrFO/c1-4-2-3-5(9)7(10)6(4)8/h2-3,10H,1H3. The minimum atomic E-state index is -0.600. The molecule has 0 fully saturated rings. The van der Waals surface area contributed by atoms with Crippen LogP contribution in [-0.2, 0) is 0 Å². The molecule has 0 aliphatic heterocycles. The number of benzene rings is 1. The summed E-state index contributed by atoms with van der Waals surface area (Å²) in [5.74, 6) is -0.919. The lowest BCUT2D eigenvalue weighted by atomic mass is 10.2. The molecule has 0 atom stereocenters. The van der Waals surface area contributed by atoms with Crippen molar-refractivity contribution in [1.29, 1.82) is 0 Å². The lowest BCUT2D eigenvalue weighted by molar-refractivity contribution is 0.428. The molecule has 0 amide bonds. The summed E-state index contributed by atoms with van der Waals surface area (Å²) in [4.78, 5) is 0. The van der Waals surface area contributed by atoms with Crippen LogP contribution in [0.15, 0.2) is 16.6 Å². The van der Waals surface area contributed by atoms with Gasteiger partial charge in [-0.1, -0.05) is 6.07 Å². The lowest BCUT2D eigenvalue weighted by Gasteiger charge is -2.00. The minimum Gasteiger partial charge on any atom is -0.504 e. The molecular weight excluding hydrogens is 199 g/mol. The van der Waals surface area contributed by atoms with Gasteiger partial charge in [-0.2, -0.15) is 0 Å². The highest BCUT2D eigenvalue weighted by Crippen LogP contribution is 2.29. The zero-order valence-corrected chi connectivity index (χ0v) is 6.94. The van der Waals surface area contributed by atoms with Gasteiger partial charge in [0.1, 0.15) is 0 Å². The first-order valence-electron chi connectivity index (χ1n) is 2.76. The molecule has 0 spiro atoms. The molecule has 1 nitrogen and oxygen atoms in total. The van der Waals surface area contributed by atoms with Crippen LogP contribution in [0.4, 0.5) is 4.39 Å². The van der Waals surface area contributed by atoms with Crippen LogP contribution in [0, 0.1) is 12.7 Å². The highest BCUT2D eigenvalue weighted by atomic mass is 79.9. The van der Waals surface area contributed by atoms with Gasteiger partial charge in [0.15, 0.2) is 11.6 Å². The maximum absolute atomic E-state index is 12.5. The Bertz CT molecular complexity index is 233. The molecule has 0 heterocycles. The number of halogens is 2. The second kappa shape index (κ2) is 2.58. The van der Waals surface area contributed by atoms with Gasteiger partial charge in [-0.15, -0.1) is 0 Å². The van der Waals surface area contributed by atoms with E-state index in [0.29, 0.717) is 4.47 Å². The maximum Gasteiger partial charge on any atom is 0.166 e. The number of aryl methyl sites for hydroxylation is 1. The van der Waals surface area contributed by atoms with E-state index in [0.717, 1.165) is 5.56 Å². The van der Waals surface area contributed by atoms with Crippen molar-refractivity contribution < 1.29 is 9.50 Å². The van der Waals surface area contributed by atoms with Gasteiger partial charge in [0.2, 0.25) is 0 Å². The van der Waals surface area contributed by atoms with Gasteiger partial charge in [0.25, 0.3) is 0 Å². The van der Waals surface area contributed by atoms with Crippen molar-refractivity contribution in [2.24, 2.45) is 0 Å². The van der Waals surface area contributed by atoms with Crippen molar-refractivity contribution in [1.82, 2.24) is 0 Å². The SMILES string of the molecule is Cc1ccc(F)c(O)c1Br. The third kappa shape index (κ3) is 1.14. The third-order valence-electron chi connectivity index (χ3n) is 1.26. The monoisotopic (exact) mass is 204 g/mol. The fourth-order valence-electron chi connectivity index (χ4n) is 0.642. The Morgan fingerprint density at radius 2 is 2.10 bits per heavy atom. The van der Waals surface area contributed by atoms with E-state index in [2.05, 4.69) is 15.9 Å². The van der Waals surface area contributed by atoms with E-state index in [1.807, 2.05) is 0 Å². The van der Waals surface area contributed by atoms with Crippen LogP contribution in [0.1, 0.15) is 5.56 Å². The van der Waals surface area contributed by atoms with Crippen molar-refractivity contribution in [3.8, 4) is 5.75 Å². The number of phenols is 1. The molecule has 0 unspecified atom stereocenters. The zero-order chi connectivity index (χ0) is 7.72. The predicted molar refractivity (Wildman–Crippen MR) is 40.5 cm³/mol. The molecule has 10 heavy (non-hydrogen) atoms. The van der Waals surface area contributed by atoms with Gasteiger partial charge >= 0.3 is 0 Å². The first-order chi connectivity index (χ1) is 4.63. The summed E-state index contributed by atoms with van der Waals surface area (Å²) in [6, 6.07) is 2.83. The van der Waals surface area contributed by atoms with Crippen LogP contribution in [0.2, 0.25) is 0 Å². The van der Waals surface area contributed by atoms with Gasteiger partial charge in [0.05, 0.1) is 4.47 Å². The molecular formula is C7H6BrFO. The molecule has 1 N–H and O–H groups in total. The molecule has 1 aromatic rings. The van der Waals surface area contributed by atoms with E-state index in [1.165, 1.54) is 6.07 Å². The Morgan fingerprint density at radius 1 is 1.50 bits per heavy atom. The van der Waals surface area contributed by atoms with Crippen molar-refractivity contribution >= 4 is 15.9 Å². The molecule has 3 heteroatoms. The number of phenolic OH excluding ortho intramolecular Hbond substituents is 1. The molecule has 1 rings (SSSR count). The smallest absolute Gasteiger partial charge is 0.166 e. The number of rotatable bonds is 0. The van der Waals surface area contributed by atoms with E-state index in [1.54, 1.807) is 13.0 Å². The van der Waals surface area contributed by atoms with Gasteiger partial charge in [-0.25, -0.2) is 4.39 Å². The highest BCUT2D eigenvalue weighted by molar-refractivity contribution is 9.10. The number of hydrogen-bond acceptors (Lipinski definition) is 1. The summed E-state index contributed by atoms with van der Waals surface area (Å²) in [5, 5.41) is 8.97. The second-order valence-corrected chi connectivity index (χ2v) is 2.82. The zero-order valence-electron chi connectivity index (χ0n) is 5.36. The summed E-state index contributed by atoms with van der Waals surface area (Å²) < 4.78 is 12.9. The maximum atomic E-state index is 12.5. The first kappa shape index (κ1) is 7.54. The third-order valence-corrected chi connectivity index (χ3v) is 2.26. The Kier molecular flexibility index (Phi) is 1.94. The Labute approximate surface area is 66.6 Å². The average molecular weight is 205 g/mol. The van der Waals surface area contributed by atoms with Gasteiger partial charge in [-0.3, -0.25) is 0 Å². The van der Waals surface area contributed by atoms with E-state index in [9.17, 15) is 4.39 Å². The lowest BCUT2D eigenvalue weighted by Crippen LogP contribution is -1.80. The summed E-state index contributed by atoms with van der Waals surface area (Å²) >= 11 is 3.04. The normalized spacial score (nSPS) is 9.90. The Morgan fingerprint density at radius 3 is 2.60 bits per heavy atom. The molecule has 0 aromatic heterocycles. The summed E-state index contributed by atoms with van der Waals surface area (Å²) in [5.41, 5.74) is 0.818. The highest BCUT2D eigenvalue weighted by Gasteiger charge is 2.05. The van der Waals surface area contributed by atoms with Crippen LogP contribution < -0.4 is 0 Å². The summed E-state index contributed by atoms with van der Waals surface area (Å²) in [7, 11) is 0. The largest absolute Gasteiger partial charge is 0.504 e. The van der Waals surface area contributed by atoms with Gasteiger partial charge < -0.3 is 5.11 Å². The molecule has 1 aromatic carbocycles. The second-order valence-electron chi connectivity index (χ2n) is 2.03. The molecule has 0 saturated heterocycles. The van der Waals surface area contributed by atoms with E-state index < -0.39 is 5.82 Å². The number of aromatic hydroxyl groups is 1. The van der Waals surface area contributed by atoms with E-state index in [4.69, 9.17) is 5.11 Å². The van der Waals surface area contributed by atoms with Crippen LogP contribution >= 0.6 is 15.9 Å². The average Bonchev–Trinajstić information content (AvgIpc) is 1.93. The fourth-order valence-corrected chi connectivity index (χ4v) is 0.963. The molecule has 0 saturated carbocycles. The first-order valence-corrected chi connectivity index (χ1v) is 3.56. The molecule has 0 aliphatic carbocycles. The summed E-state index contributed by atoms with van der Waals surface area (Å²) in [6.07, 6.45) is 0. The Balaban J connectivity index is 3.34. The molecule has 0 radical (unpaired) electrons. The van der Waals surface area contributed by atoms with Crippen molar-refractivity contribution in [2.45, 2.75) is 6.92 Å². The van der Waals surface area contributed by atoms with E-state index >= 15 is 0 Å². The van der Waals surface area contributed by atoms with E-state index in [-0.39, 0.29) is 5.75 Å². The number of hydrogen-bond donors (Lipinski definition) is 1. The minimum absolute atomic E-state index is 0.319. The van der Waals surface area contributed by atoms with Gasteiger partial charge in [-0.05, 0) is 34.5 Å². The molecule has 0 bridgehead atoms. The van der Waals surface area contributed by atoms with Crippen molar-refractivity contribution in [3.05, 3.63) is 28.0 Å². The fraction of sp³-hybridized carbons (Fsp3) is 0.143. The van der Waals surface area contributed by atoms with Crippen molar-refractivity contribution in [2.75, 3.05) is 0 Å². The van der Waals surface area contributed by atoms with Gasteiger partial charge in [0, 0.05) is 0 Å². The molecule has 0 aliphatic rings. The Hall–Kier alpha value is -0.570. The topological polar surface area (TPSA) is 20.2 Å². The summed E-state index contributed by atoms with van der Waals surface area (Å²) in [6.45, 7) is 1.78. The quantitative estimate of drug-likeness (QED) is 0.690. The predicted octanol–water partition coefficient (Wildman–Crippen LogP) is 2.60. The molecule has 54 valence electrons. The van der Waals surface area contributed by atoms with Crippen LogP contribution in [-0.4, -0.2) is 5.11 Å².